The molecule has 1 amide bonds. The van der Waals surface area contributed by atoms with Gasteiger partial charge in [-0.3, -0.25) is 4.79 Å². The Labute approximate surface area is 113 Å². The summed E-state index contributed by atoms with van der Waals surface area (Å²) in [5.74, 6) is -0.195. The van der Waals surface area contributed by atoms with Crippen molar-refractivity contribution < 1.29 is 18.0 Å². The van der Waals surface area contributed by atoms with Crippen LogP contribution in [0.4, 0.5) is 13.2 Å². The molecule has 1 aromatic carbocycles. The lowest BCUT2D eigenvalue weighted by Gasteiger charge is -2.18. The number of carbonyl (C=O) groups is 1. The number of nitrogens with zero attached hydrogens (tertiary/aromatic N) is 2. The number of aromatic amines is 1. The highest BCUT2D eigenvalue weighted by atomic mass is 19.4. The number of halogens is 3. The minimum atomic E-state index is -4.56. The molecule has 1 N–H and O–H groups in total. The van der Waals surface area contributed by atoms with E-state index in [4.69, 9.17) is 0 Å². The van der Waals surface area contributed by atoms with Gasteiger partial charge in [0, 0.05) is 19.4 Å². The Kier molecular flexibility index (Phi) is 3.78. The molecule has 0 aliphatic rings. The number of hydrogen-bond acceptors (Lipinski definition) is 2. The molecule has 0 saturated heterocycles. The monoisotopic (exact) mass is 283 g/mol. The van der Waals surface area contributed by atoms with Gasteiger partial charge < -0.3 is 9.88 Å². The summed E-state index contributed by atoms with van der Waals surface area (Å²) in [7, 11) is 1.43. The Hall–Kier alpha value is -2.31. The molecule has 106 valence electrons. The topological polar surface area (TPSA) is 49.0 Å². The van der Waals surface area contributed by atoms with Gasteiger partial charge in [0.05, 0.1) is 17.7 Å². The zero-order valence-corrected chi connectivity index (χ0v) is 10.6. The quantitative estimate of drug-likeness (QED) is 0.941. The fraction of sp³-hybridized carbons (Fsp3) is 0.231. The number of alkyl halides is 3. The number of rotatable bonds is 3. The summed E-state index contributed by atoms with van der Waals surface area (Å²) in [6.07, 6.45) is -1.47. The zero-order chi connectivity index (χ0) is 14.8. The summed E-state index contributed by atoms with van der Waals surface area (Å²) in [6, 6.07) is 4.73. The summed E-state index contributed by atoms with van der Waals surface area (Å²) in [5.41, 5.74) is -1.30. The van der Waals surface area contributed by atoms with Crippen molar-refractivity contribution in [2.24, 2.45) is 0 Å². The molecule has 20 heavy (non-hydrogen) atoms. The fourth-order valence-electron chi connectivity index (χ4n) is 1.80. The van der Waals surface area contributed by atoms with E-state index in [9.17, 15) is 18.0 Å². The van der Waals surface area contributed by atoms with Crippen molar-refractivity contribution in [2.45, 2.75) is 12.7 Å². The van der Waals surface area contributed by atoms with Gasteiger partial charge >= 0.3 is 6.18 Å². The first kappa shape index (κ1) is 14.1. The van der Waals surface area contributed by atoms with Gasteiger partial charge in [0.25, 0.3) is 5.91 Å². The molecular formula is C13H12F3N3O. The maximum absolute atomic E-state index is 12.9. The molecule has 1 aromatic heterocycles. The van der Waals surface area contributed by atoms with E-state index in [2.05, 4.69) is 9.97 Å². The zero-order valence-electron chi connectivity index (χ0n) is 10.6. The fourth-order valence-corrected chi connectivity index (χ4v) is 1.80. The lowest BCUT2D eigenvalue weighted by molar-refractivity contribution is -0.138. The van der Waals surface area contributed by atoms with E-state index in [0.717, 1.165) is 6.07 Å². The van der Waals surface area contributed by atoms with Crippen LogP contribution in [0.1, 0.15) is 21.7 Å². The molecule has 4 nitrogen and oxygen atoms in total. The minimum absolute atomic E-state index is 0.109. The Morgan fingerprint density at radius 3 is 2.65 bits per heavy atom. The van der Waals surface area contributed by atoms with Crippen LogP contribution in [0.3, 0.4) is 0 Å². The standard InChI is InChI=1S/C13H12F3N3O/c1-19(8-11-17-6-7-18-11)12(20)9-4-2-3-5-10(9)13(14,15)16/h2-7H,8H2,1H3,(H,17,18). The lowest BCUT2D eigenvalue weighted by atomic mass is 10.1. The second-order valence-corrected chi connectivity index (χ2v) is 4.24. The third-order valence-electron chi connectivity index (χ3n) is 2.75. The van der Waals surface area contributed by atoms with Crippen molar-refractivity contribution in [3.63, 3.8) is 0 Å². The molecule has 0 spiro atoms. The van der Waals surface area contributed by atoms with Crippen LogP contribution in [0.15, 0.2) is 36.7 Å². The first-order chi connectivity index (χ1) is 9.39. The van der Waals surface area contributed by atoms with Crippen molar-refractivity contribution in [1.29, 1.82) is 0 Å². The highest BCUT2D eigenvalue weighted by molar-refractivity contribution is 5.95. The molecule has 0 unspecified atom stereocenters. The largest absolute Gasteiger partial charge is 0.417 e. The summed E-state index contributed by atoms with van der Waals surface area (Å²) < 4.78 is 38.6. The van der Waals surface area contributed by atoms with Gasteiger partial charge in [0.1, 0.15) is 5.82 Å². The van der Waals surface area contributed by atoms with Gasteiger partial charge in [-0.1, -0.05) is 12.1 Å². The van der Waals surface area contributed by atoms with E-state index in [-0.39, 0.29) is 12.1 Å². The third kappa shape index (κ3) is 2.98. The maximum atomic E-state index is 12.9. The Morgan fingerprint density at radius 2 is 2.05 bits per heavy atom. The van der Waals surface area contributed by atoms with Gasteiger partial charge in [-0.05, 0) is 12.1 Å². The minimum Gasteiger partial charge on any atom is -0.347 e. The van der Waals surface area contributed by atoms with Crippen LogP contribution >= 0.6 is 0 Å². The van der Waals surface area contributed by atoms with Crippen LogP contribution in [-0.2, 0) is 12.7 Å². The highest BCUT2D eigenvalue weighted by Gasteiger charge is 2.35. The van der Waals surface area contributed by atoms with Gasteiger partial charge in [0.2, 0.25) is 0 Å². The number of aromatic nitrogens is 2. The number of amides is 1. The molecule has 0 saturated carbocycles. The second-order valence-electron chi connectivity index (χ2n) is 4.24. The Bertz CT molecular complexity index is 593. The average Bonchev–Trinajstić information content (AvgIpc) is 2.89. The molecule has 0 radical (unpaired) electrons. The number of benzene rings is 1. The third-order valence-corrected chi connectivity index (χ3v) is 2.75. The van der Waals surface area contributed by atoms with Gasteiger partial charge in [-0.2, -0.15) is 13.2 Å². The summed E-state index contributed by atoms with van der Waals surface area (Å²) >= 11 is 0. The number of nitrogens with one attached hydrogen (secondary N) is 1. The van der Waals surface area contributed by atoms with Crippen molar-refractivity contribution in [3.8, 4) is 0 Å². The van der Waals surface area contributed by atoms with Crippen molar-refractivity contribution >= 4 is 5.91 Å². The number of hydrogen-bond donors (Lipinski definition) is 1. The summed E-state index contributed by atoms with van der Waals surface area (Å²) in [5, 5.41) is 0. The molecular weight excluding hydrogens is 271 g/mol. The predicted octanol–water partition coefficient (Wildman–Crippen LogP) is 2.70. The molecule has 0 fully saturated rings. The number of imidazole rings is 1. The van der Waals surface area contributed by atoms with E-state index < -0.39 is 17.6 Å². The second kappa shape index (κ2) is 5.36. The van der Waals surface area contributed by atoms with Crippen LogP contribution in [-0.4, -0.2) is 27.8 Å². The SMILES string of the molecule is CN(Cc1ncc[nH]1)C(=O)c1ccccc1C(F)(F)F. The molecule has 1 heterocycles. The first-order valence-corrected chi connectivity index (χ1v) is 5.79. The highest BCUT2D eigenvalue weighted by Crippen LogP contribution is 2.32. The van der Waals surface area contributed by atoms with E-state index >= 15 is 0 Å². The molecule has 7 heteroatoms. The summed E-state index contributed by atoms with van der Waals surface area (Å²) in [4.78, 5) is 20.0. The van der Waals surface area contributed by atoms with Crippen LogP contribution in [0, 0.1) is 0 Å². The molecule has 0 aliphatic carbocycles. The van der Waals surface area contributed by atoms with E-state index in [1.165, 1.54) is 36.3 Å². The van der Waals surface area contributed by atoms with Crippen LogP contribution in [0.2, 0.25) is 0 Å². The Morgan fingerprint density at radius 1 is 1.35 bits per heavy atom. The predicted molar refractivity (Wildman–Crippen MR) is 65.8 cm³/mol. The molecule has 2 rings (SSSR count). The average molecular weight is 283 g/mol. The van der Waals surface area contributed by atoms with Gasteiger partial charge in [-0.15, -0.1) is 0 Å². The molecule has 0 atom stereocenters. The van der Waals surface area contributed by atoms with E-state index in [1.54, 1.807) is 6.20 Å². The molecule has 0 bridgehead atoms. The van der Waals surface area contributed by atoms with Crippen LogP contribution in [0.25, 0.3) is 0 Å². The molecule has 0 aliphatic heterocycles. The lowest BCUT2D eigenvalue weighted by Crippen LogP contribution is -2.28. The van der Waals surface area contributed by atoms with Crippen molar-refractivity contribution in [1.82, 2.24) is 14.9 Å². The van der Waals surface area contributed by atoms with Crippen molar-refractivity contribution in [3.05, 3.63) is 53.6 Å². The van der Waals surface area contributed by atoms with Gasteiger partial charge in [0.15, 0.2) is 0 Å². The molecule has 2 aromatic rings. The van der Waals surface area contributed by atoms with Crippen LogP contribution < -0.4 is 0 Å². The van der Waals surface area contributed by atoms with E-state index in [0.29, 0.717) is 5.82 Å². The maximum Gasteiger partial charge on any atom is 0.417 e. The van der Waals surface area contributed by atoms with E-state index in [1.807, 2.05) is 0 Å². The number of H-pyrrole nitrogens is 1. The summed E-state index contributed by atoms with van der Waals surface area (Å²) in [6.45, 7) is 0.109. The smallest absolute Gasteiger partial charge is 0.347 e. The Balaban J connectivity index is 2.25. The van der Waals surface area contributed by atoms with Gasteiger partial charge in [-0.25, -0.2) is 4.98 Å². The first-order valence-electron chi connectivity index (χ1n) is 5.79. The van der Waals surface area contributed by atoms with Crippen LogP contribution in [0.5, 0.6) is 0 Å². The normalized spacial score (nSPS) is 11.4. The number of carbonyl (C=O) groups excluding carboxylic acids is 1. The van der Waals surface area contributed by atoms with Crippen molar-refractivity contribution in [2.75, 3.05) is 7.05 Å².